The number of amides is 1. The Balaban J connectivity index is 1.35. The molecule has 6 heteroatoms. The van der Waals surface area contributed by atoms with Crippen LogP contribution in [0.2, 0.25) is 0 Å². The van der Waals surface area contributed by atoms with Crippen LogP contribution in [0.1, 0.15) is 41.5 Å². The molecule has 1 heterocycles. The number of methoxy groups -OCH3 is 1. The molecule has 0 radical (unpaired) electrons. The van der Waals surface area contributed by atoms with Gasteiger partial charge in [-0.2, -0.15) is 0 Å². The number of nitrogens with one attached hydrogen (secondary N) is 1. The molecule has 1 amide bonds. The SMILES string of the molecule is COc1ccc(F)c(CN2C[C@@H]3[C@H](NC(=O)C4CC(O)C4)c4ccccc4[C@@H]3C2)c1. The number of hydrogen-bond acceptors (Lipinski definition) is 4. The Labute approximate surface area is 175 Å². The number of carbonyl (C=O) groups excluding carboxylic acids is 1. The van der Waals surface area contributed by atoms with Gasteiger partial charge >= 0.3 is 0 Å². The van der Waals surface area contributed by atoms with E-state index in [1.807, 2.05) is 12.1 Å². The van der Waals surface area contributed by atoms with Gasteiger partial charge in [-0.15, -0.1) is 0 Å². The fourth-order valence-electron chi connectivity index (χ4n) is 5.37. The molecule has 2 N–H and O–H groups in total. The van der Waals surface area contributed by atoms with E-state index in [4.69, 9.17) is 4.74 Å². The first-order valence-corrected chi connectivity index (χ1v) is 10.7. The Bertz CT molecular complexity index is 959. The maximum absolute atomic E-state index is 14.3. The average molecular weight is 410 g/mol. The van der Waals surface area contributed by atoms with Crippen LogP contribution in [0.3, 0.4) is 0 Å². The monoisotopic (exact) mass is 410 g/mol. The summed E-state index contributed by atoms with van der Waals surface area (Å²) in [5, 5.41) is 12.8. The number of ether oxygens (including phenoxy) is 1. The summed E-state index contributed by atoms with van der Waals surface area (Å²) in [4.78, 5) is 15.0. The highest BCUT2D eigenvalue weighted by atomic mass is 19.1. The average Bonchev–Trinajstić information content (AvgIpc) is 3.25. The molecule has 0 aromatic heterocycles. The van der Waals surface area contributed by atoms with Gasteiger partial charge in [0.15, 0.2) is 0 Å². The summed E-state index contributed by atoms with van der Waals surface area (Å²) >= 11 is 0. The molecule has 5 nitrogen and oxygen atoms in total. The summed E-state index contributed by atoms with van der Waals surface area (Å²) < 4.78 is 19.6. The van der Waals surface area contributed by atoms with Crippen molar-refractivity contribution in [2.75, 3.05) is 20.2 Å². The van der Waals surface area contributed by atoms with E-state index >= 15 is 0 Å². The van der Waals surface area contributed by atoms with Gasteiger partial charge in [0.2, 0.25) is 5.91 Å². The molecule has 0 bridgehead atoms. The van der Waals surface area contributed by atoms with Crippen molar-refractivity contribution in [3.8, 4) is 5.75 Å². The zero-order valence-electron chi connectivity index (χ0n) is 17.1. The number of carbonyl (C=O) groups is 1. The molecule has 2 aromatic carbocycles. The lowest BCUT2D eigenvalue weighted by Gasteiger charge is -2.32. The standard InChI is InChI=1S/C24H27FN2O3/c1-30-17-6-7-22(25)15(10-17)11-27-12-20-18-4-2-3-5-19(18)23(21(20)13-27)26-24(29)14-8-16(28)9-14/h2-7,10,14,16,20-21,23,28H,8-9,11-13H2,1H3,(H,26,29)/t14?,16?,20-,21-,23+/m0/s1. The molecule has 1 saturated heterocycles. The Morgan fingerprint density at radius 1 is 1.20 bits per heavy atom. The first-order valence-electron chi connectivity index (χ1n) is 10.7. The third kappa shape index (κ3) is 3.38. The molecule has 2 aliphatic carbocycles. The lowest BCUT2D eigenvalue weighted by Crippen LogP contribution is -2.43. The topological polar surface area (TPSA) is 61.8 Å². The number of halogens is 1. The predicted molar refractivity (Wildman–Crippen MR) is 111 cm³/mol. The highest BCUT2D eigenvalue weighted by Crippen LogP contribution is 2.49. The van der Waals surface area contributed by atoms with Crippen LogP contribution in [0.15, 0.2) is 42.5 Å². The number of aliphatic hydroxyl groups is 1. The van der Waals surface area contributed by atoms with Crippen LogP contribution < -0.4 is 10.1 Å². The molecular weight excluding hydrogens is 383 g/mol. The minimum atomic E-state index is -0.343. The number of benzene rings is 2. The molecule has 2 aromatic rings. The molecule has 1 saturated carbocycles. The molecule has 0 unspecified atom stereocenters. The third-order valence-corrected chi connectivity index (χ3v) is 7.03. The van der Waals surface area contributed by atoms with E-state index in [1.165, 1.54) is 17.2 Å². The van der Waals surface area contributed by atoms with Crippen molar-refractivity contribution in [1.29, 1.82) is 0 Å². The van der Waals surface area contributed by atoms with E-state index in [1.54, 1.807) is 19.2 Å². The molecule has 0 spiro atoms. The van der Waals surface area contributed by atoms with Crippen molar-refractivity contribution in [3.63, 3.8) is 0 Å². The predicted octanol–water partition coefficient (Wildman–Crippen LogP) is 2.99. The van der Waals surface area contributed by atoms with Gasteiger partial charge in [0, 0.05) is 43.0 Å². The molecular formula is C24H27FN2O3. The lowest BCUT2D eigenvalue weighted by molar-refractivity contribution is -0.132. The van der Waals surface area contributed by atoms with Crippen molar-refractivity contribution in [1.82, 2.24) is 10.2 Å². The number of rotatable bonds is 5. The minimum Gasteiger partial charge on any atom is -0.497 e. The summed E-state index contributed by atoms with van der Waals surface area (Å²) in [5.74, 6) is 0.982. The molecule has 3 aliphatic rings. The fraction of sp³-hybridized carbons (Fsp3) is 0.458. The zero-order valence-corrected chi connectivity index (χ0v) is 17.1. The van der Waals surface area contributed by atoms with E-state index in [0.717, 1.165) is 13.1 Å². The second-order valence-corrected chi connectivity index (χ2v) is 8.86. The molecule has 158 valence electrons. The maximum atomic E-state index is 14.3. The Hall–Kier alpha value is -2.44. The van der Waals surface area contributed by atoms with Crippen LogP contribution in [0, 0.1) is 17.7 Å². The third-order valence-electron chi connectivity index (χ3n) is 7.03. The molecule has 3 atom stereocenters. The van der Waals surface area contributed by atoms with Gasteiger partial charge in [-0.3, -0.25) is 9.69 Å². The van der Waals surface area contributed by atoms with Crippen molar-refractivity contribution in [3.05, 3.63) is 65.0 Å². The summed E-state index contributed by atoms with van der Waals surface area (Å²) in [6.07, 6.45) is 0.759. The van der Waals surface area contributed by atoms with Crippen LogP contribution in [-0.4, -0.2) is 42.2 Å². The number of fused-ring (bicyclic) bond motifs is 3. The summed E-state index contributed by atoms with van der Waals surface area (Å²) in [7, 11) is 1.59. The van der Waals surface area contributed by atoms with Crippen molar-refractivity contribution >= 4 is 5.91 Å². The van der Waals surface area contributed by atoms with Gasteiger partial charge in [0.25, 0.3) is 0 Å². The highest BCUT2D eigenvalue weighted by molar-refractivity contribution is 5.80. The van der Waals surface area contributed by atoms with E-state index < -0.39 is 0 Å². The van der Waals surface area contributed by atoms with E-state index in [0.29, 0.717) is 36.6 Å². The summed E-state index contributed by atoms with van der Waals surface area (Å²) in [6, 6.07) is 13.2. The smallest absolute Gasteiger partial charge is 0.223 e. The molecule has 30 heavy (non-hydrogen) atoms. The lowest BCUT2D eigenvalue weighted by atomic mass is 9.81. The summed E-state index contributed by atoms with van der Waals surface area (Å²) in [5.41, 5.74) is 3.12. The van der Waals surface area contributed by atoms with E-state index in [-0.39, 0.29) is 35.7 Å². The second-order valence-electron chi connectivity index (χ2n) is 8.86. The highest BCUT2D eigenvalue weighted by Gasteiger charge is 2.47. The molecule has 5 rings (SSSR count). The molecule has 1 aliphatic heterocycles. The van der Waals surface area contributed by atoms with Crippen molar-refractivity contribution in [2.45, 2.75) is 37.5 Å². The minimum absolute atomic E-state index is 0.0309. The van der Waals surface area contributed by atoms with Gasteiger partial charge in [0.05, 0.1) is 19.3 Å². The number of nitrogens with zero attached hydrogens (tertiary/aromatic N) is 1. The number of likely N-dealkylation sites (tertiary alicyclic amines) is 1. The quantitative estimate of drug-likeness (QED) is 0.796. The number of hydrogen-bond donors (Lipinski definition) is 2. The van der Waals surface area contributed by atoms with Gasteiger partial charge in [-0.05, 0) is 42.2 Å². The summed E-state index contributed by atoms with van der Waals surface area (Å²) in [6.45, 7) is 2.16. The van der Waals surface area contributed by atoms with Crippen LogP contribution in [0.4, 0.5) is 4.39 Å². The number of aliphatic hydroxyl groups excluding tert-OH is 1. The largest absolute Gasteiger partial charge is 0.497 e. The van der Waals surface area contributed by atoms with Gasteiger partial charge in [0.1, 0.15) is 11.6 Å². The van der Waals surface area contributed by atoms with Crippen LogP contribution in [-0.2, 0) is 11.3 Å². The van der Waals surface area contributed by atoms with Crippen molar-refractivity contribution < 1.29 is 19.0 Å². The Morgan fingerprint density at radius 2 is 1.97 bits per heavy atom. The van der Waals surface area contributed by atoms with Crippen molar-refractivity contribution in [2.24, 2.45) is 11.8 Å². The van der Waals surface area contributed by atoms with E-state index in [2.05, 4.69) is 22.3 Å². The zero-order chi connectivity index (χ0) is 20.8. The second kappa shape index (κ2) is 7.67. The van der Waals surface area contributed by atoms with Crippen LogP contribution in [0.5, 0.6) is 5.75 Å². The van der Waals surface area contributed by atoms with Gasteiger partial charge in [-0.1, -0.05) is 24.3 Å². The van der Waals surface area contributed by atoms with E-state index in [9.17, 15) is 14.3 Å². The Morgan fingerprint density at radius 3 is 2.70 bits per heavy atom. The van der Waals surface area contributed by atoms with Gasteiger partial charge in [-0.25, -0.2) is 4.39 Å². The maximum Gasteiger partial charge on any atom is 0.223 e. The Kier molecular flexibility index (Phi) is 4.99. The fourth-order valence-corrected chi connectivity index (χ4v) is 5.37. The normalized spacial score (nSPS) is 29.8. The first kappa shape index (κ1) is 19.5. The van der Waals surface area contributed by atoms with Crippen LogP contribution in [0.25, 0.3) is 0 Å². The first-order chi connectivity index (χ1) is 14.5. The molecule has 2 fully saturated rings. The van der Waals surface area contributed by atoms with Crippen LogP contribution >= 0.6 is 0 Å². The van der Waals surface area contributed by atoms with Gasteiger partial charge < -0.3 is 15.2 Å².